The van der Waals surface area contributed by atoms with E-state index in [0.717, 1.165) is 22.6 Å². The minimum absolute atomic E-state index is 0.153. The van der Waals surface area contributed by atoms with Crippen molar-refractivity contribution in [2.75, 3.05) is 11.2 Å². The van der Waals surface area contributed by atoms with Crippen LogP contribution in [0, 0.1) is 13.8 Å². The minimum Gasteiger partial charge on any atom is -0.335 e. The van der Waals surface area contributed by atoms with Gasteiger partial charge in [-0.3, -0.25) is 14.5 Å². The number of pyridine rings is 1. The van der Waals surface area contributed by atoms with Crippen LogP contribution in [0.1, 0.15) is 18.3 Å². The number of carbonyl (C=O) groups excluding carboxylic acids is 1. The number of nitrogens with one attached hydrogen (secondary N) is 1. The van der Waals surface area contributed by atoms with Gasteiger partial charge in [-0.15, -0.1) is 10.2 Å². The zero-order chi connectivity index (χ0) is 18.8. The Balaban J connectivity index is 1.73. The summed E-state index contributed by atoms with van der Waals surface area (Å²) >= 11 is 1.24. The van der Waals surface area contributed by atoms with E-state index in [0.29, 0.717) is 11.0 Å². The molecular formula is C16H20N8OS. The molecule has 3 aromatic heterocycles. The molecule has 0 spiro atoms. The number of nitrogens with zero attached hydrogens (tertiary/aromatic N) is 6. The number of rotatable bonds is 5. The average Bonchev–Trinajstić information content (AvgIpc) is 3.10. The number of hydrogen-bond acceptors (Lipinski definition) is 7. The Bertz CT molecular complexity index is 933. The standard InChI is InChI=1S/C16H20N8OS/c1-9-13(10(2)23(4)22-9)19-15(25)11(3)26-16-21-20-14(24(16)17)12-6-5-7-18-8-12/h5-8,11H,17H2,1-4H3,(H,19,25)/t11-/m1/s1. The number of nitrogen functional groups attached to an aromatic ring is 1. The SMILES string of the molecule is Cc1nn(C)c(C)c1NC(=O)[C@@H](C)Sc1nnc(-c2cccnc2)n1N. The average molecular weight is 372 g/mol. The van der Waals surface area contributed by atoms with Crippen molar-refractivity contribution >= 4 is 23.4 Å². The van der Waals surface area contributed by atoms with E-state index in [2.05, 4.69) is 25.6 Å². The second-order valence-electron chi connectivity index (χ2n) is 5.84. The number of anilines is 1. The third-order valence-electron chi connectivity index (χ3n) is 3.99. The lowest BCUT2D eigenvalue weighted by Gasteiger charge is -2.12. The summed E-state index contributed by atoms with van der Waals surface area (Å²) in [5, 5.41) is 15.4. The molecule has 1 amide bonds. The maximum atomic E-state index is 12.5. The predicted molar refractivity (Wildman–Crippen MR) is 100 cm³/mol. The van der Waals surface area contributed by atoms with E-state index in [1.807, 2.05) is 27.0 Å². The van der Waals surface area contributed by atoms with Crippen LogP contribution in [-0.2, 0) is 11.8 Å². The highest BCUT2D eigenvalue weighted by molar-refractivity contribution is 8.00. The molecule has 0 fully saturated rings. The highest BCUT2D eigenvalue weighted by Crippen LogP contribution is 2.26. The number of thioether (sulfide) groups is 1. The van der Waals surface area contributed by atoms with Crippen LogP contribution in [0.5, 0.6) is 0 Å². The molecule has 0 aliphatic rings. The van der Waals surface area contributed by atoms with Crippen molar-refractivity contribution < 1.29 is 4.79 Å². The largest absolute Gasteiger partial charge is 0.335 e. The van der Waals surface area contributed by atoms with Gasteiger partial charge in [0.15, 0.2) is 5.82 Å². The molecule has 0 aliphatic heterocycles. The van der Waals surface area contributed by atoms with Crippen LogP contribution >= 0.6 is 11.8 Å². The summed E-state index contributed by atoms with van der Waals surface area (Å²) in [6.07, 6.45) is 3.33. The molecule has 136 valence electrons. The van der Waals surface area contributed by atoms with E-state index in [9.17, 15) is 4.79 Å². The monoisotopic (exact) mass is 372 g/mol. The first-order chi connectivity index (χ1) is 12.4. The van der Waals surface area contributed by atoms with Crippen LogP contribution in [0.4, 0.5) is 5.69 Å². The normalized spacial score (nSPS) is 12.2. The third kappa shape index (κ3) is 3.40. The quantitative estimate of drug-likeness (QED) is 0.515. The van der Waals surface area contributed by atoms with Crippen LogP contribution in [0.3, 0.4) is 0 Å². The van der Waals surface area contributed by atoms with Gasteiger partial charge >= 0.3 is 0 Å². The van der Waals surface area contributed by atoms with Gasteiger partial charge in [0.05, 0.1) is 22.3 Å². The molecule has 0 unspecified atom stereocenters. The number of aromatic nitrogens is 6. The van der Waals surface area contributed by atoms with Crippen LogP contribution in [0.2, 0.25) is 0 Å². The Morgan fingerprint density at radius 1 is 1.35 bits per heavy atom. The number of carbonyl (C=O) groups is 1. The van der Waals surface area contributed by atoms with Crippen molar-refractivity contribution in [2.24, 2.45) is 7.05 Å². The highest BCUT2D eigenvalue weighted by Gasteiger charge is 2.22. The molecule has 3 aromatic rings. The van der Waals surface area contributed by atoms with Gasteiger partial charge in [0.25, 0.3) is 0 Å². The molecule has 0 bridgehead atoms. The fourth-order valence-corrected chi connectivity index (χ4v) is 3.21. The van der Waals surface area contributed by atoms with Gasteiger partial charge in [0.1, 0.15) is 0 Å². The van der Waals surface area contributed by atoms with Gasteiger partial charge in [-0.2, -0.15) is 5.10 Å². The zero-order valence-corrected chi connectivity index (χ0v) is 15.8. The molecule has 3 rings (SSSR count). The smallest absolute Gasteiger partial charge is 0.237 e. The van der Waals surface area contributed by atoms with Crippen molar-refractivity contribution in [1.29, 1.82) is 0 Å². The third-order valence-corrected chi connectivity index (χ3v) is 5.05. The van der Waals surface area contributed by atoms with Crippen molar-refractivity contribution in [3.8, 4) is 11.4 Å². The molecule has 0 saturated carbocycles. The first-order valence-corrected chi connectivity index (χ1v) is 8.85. The van der Waals surface area contributed by atoms with Gasteiger partial charge in [-0.1, -0.05) is 11.8 Å². The molecule has 10 heteroatoms. The Morgan fingerprint density at radius 3 is 2.73 bits per heavy atom. The molecule has 9 nitrogen and oxygen atoms in total. The lowest BCUT2D eigenvalue weighted by atomic mass is 10.3. The lowest BCUT2D eigenvalue weighted by Crippen LogP contribution is -2.24. The van der Waals surface area contributed by atoms with E-state index in [4.69, 9.17) is 5.84 Å². The molecule has 0 aromatic carbocycles. The summed E-state index contributed by atoms with van der Waals surface area (Å²) in [4.78, 5) is 16.6. The topological polar surface area (TPSA) is 117 Å². The second kappa shape index (κ2) is 7.16. The van der Waals surface area contributed by atoms with E-state index >= 15 is 0 Å². The Kier molecular flexibility index (Phi) is 4.94. The van der Waals surface area contributed by atoms with Crippen molar-refractivity contribution in [3.63, 3.8) is 0 Å². The van der Waals surface area contributed by atoms with E-state index in [1.165, 1.54) is 16.4 Å². The van der Waals surface area contributed by atoms with Crippen molar-refractivity contribution in [2.45, 2.75) is 31.2 Å². The fraction of sp³-hybridized carbons (Fsp3) is 0.312. The molecule has 3 heterocycles. The summed E-state index contributed by atoms with van der Waals surface area (Å²) in [5.74, 6) is 6.43. The molecular weight excluding hydrogens is 352 g/mol. The Hall–Kier alpha value is -2.88. The summed E-state index contributed by atoms with van der Waals surface area (Å²) < 4.78 is 3.10. The first kappa shape index (κ1) is 17.9. The van der Waals surface area contributed by atoms with Crippen molar-refractivity contribution in [3.05, 3.63) is 35.9 Å². The zero-order valence-electron chi connectivity index (χ0n) is 15.0. The fourth-order valence-electron chi connectivity index (χ4n) is 2.44. The van der Waals surface area contributed by atoms with Crippen LogP contribution in [0.25, 0.3) is 11.4 Å². The predicted octanol–water partition coefficient (Wildman–Crippen LogP) is 1.52. The molecule has 0 radical (unpaired) electrons. The van der Waals surface area contributed by atoms with Gasteiger partial charge in [0.2, 0.25) is 11.1 Å². The molecule has 3 N–H and O–H groups in total. The molecule has 26 heavy (non-hydrogen) atoms. The Labute approximate surface area is 155 Å². The Morgan fingerprint density at radius 2 is 2.12 bits per heavy atom. The van der Waals surface area contributed by atoms with Gasteiger partial charge in [-0.25, -0.2) is 4.68 Å². The number of hydrogen-bond donors (Lipinski definition) is 2. The first-order valence-electron chi connectivity index (χ1n) is 7.97. The summed E-state index contributed by atoms with van der Waals surface area (Å²) in [6, 6.07) is 3.64. The van der Waals surface area contributed by atoms with E-state index in [1.54, 1.807) is 30.1 Å². The van der Waals surface area contributed by atoms with Gasteiger partial charge in [-0.05, 0) is 32.9 Å². The van der Waals surface area contributed by atoms with E-state index < -0.39 is 5.25 Å². The van der Waals surface area contributed by atoms with Gasteiger partial charge < -0.3 is 11.2 Å². The van der Waals surface area contributed by atoms with Crippen molar-refractivity contribution in [1.82, 2.24) is 29.6 Å². The molecule has 0 saturated heterocycles. The van der Waals surface area contributed by atoms with Crippen LogP contribution < -0.4 is 11.2 Å². The minimum atomic E-state index is -0.415. The summed E-state index contributed by atoms with van der Waals surface area (Å²) in [6.45, 7) is 5.56. The number of nitrogens with two attached hydrogens (primary N) is 1. The maximum absolute atomic E-state index is 12.5. The molecule has 1 atom stereocenters. The van der Waals surface area contributed by atoms with E-state index in [-0.39, 0.29) is 5.91 Å². The molecule has 0 aliphatic carbocycles. The van der Waals surface area contributed by atoms with Gasteiger partial charge in [0, 0.05) is 25.0 Å². The number of aryl methyl sites for hydroxylation is 2. The second-order valence-corrected chi connectivity index (χ2v) is 7.14. The number of amides is 1. The van der Waals surface area contributed by atoms with Crippen LogP contribution in [0.15, 0.2) is 29.7 Å². The lowest BCUT2D eigenvalue weighted by molar-refractivity contribution is -0.115. The maximum Gasteiger partial charge on any atom is 0.237 e. The summed E-state index contributed by atoms with van der Waals surface area (Å²) in [5.41, 5.74) is 3.16. The van der Waals surface area contributed by atoms with Crippen LogP contribution in [-0.4, -0.2) is 40.8 Å². The summed E-state index contributed by atoms with van der Waals surface area (Å²) in [7, 11) is 1.84. The highest BCUT2D eigenvalue weighted by atomic mass is 32.2.